The third kappa shape index (κ3) is 1.60. The van der Waals surface area contributed by atoms with Crippen LogP contribution in [-0.4, -0.2) is 6.54 Å². The Balaban J connectivity index is 2.36. The van der Waals surface area contributed by atoms with E-state index in [1.54, 1.807) is 0 Å². The molecule has 1 fully saturated rings. The summed E-state index contributed by atoms with van der Waals surface area (Å²) >= 11 is 7.92. The van der Waals surface area contributed by atoms with Crippen LogP contribution in [0.4, 0.5) is 0 Å². The number of rotatable bonds is 2. The lowest BCUT2D eigenvalue weighted by Crippen LogP contribution is -2.30. The summed E-state index contributed by atoms with van der Waals surface area (Å²) in [5, 5.41) is 0.907. The lowest BCUT2D eigenvalue weighted by atomic mass is 9.85. The van der Waals surface area contributed by atoms with Crippen LogP contribution in [0.1, 0.15) is 35.4 Å². The third-order valence-electron chi connectivity index (χ3n) is 3.33. The largest absolute Gasteiger partial charge is 0.330 e. The van der Waals surface area contributed by atoms with Crippen LogP contribution >= 0.6 is 22.9 Å². The first-order valence-corrected chi connectivity index (χ1v) is 6.34. The summed E-state index contributed by atoms with van der Waals surface area (Å²) in [7, 11) is 0. The molecule has 0 spiro atoms. The van der Waals surface area contributed by atoms with Crippen LogP contribution in [0.5, 0.6) is 0 Å². The highest BCUT2D eigenvalue weighted by Crippen LogP contribution is 2.44. The predicted molar refractivity (Wildman–Crippen MR) is 63.3 cm³/mol. The normalized spacial score (nSPS) is 20.2. The molecule has 14 heavy (non-hydrogen) atoms. The van der Waals surface area contributed by atoms with E-state index >= 15 is 0 Å². The Morgan fingerprint density at radius 3 is 2.57 bits per heavy atom. The predicted octanol–water partition coefficient (Wildman–Crippen LogP) is 3.48. The van der Waals surface area contributed by atoms with E-state index in [1.165, 1.54) is 35.4 Å². The second-order valence-electron chi connectivity index (χ2n) is 4.21. The maximum Gasteiger partial charge on any atom is 0.0545 e. The summed E-state index contributed by atoms with van der Waals surface area (Å²) in [5.41, 5.74) is 6.18. The van der Waals surface area contributed by atoms with Crippen molar-refractivity contribution >= 4 is 22.9 Å². The zero-order valence-electron chi connectivity index (χ0n) is 8.48. The maximum atomic E-state index is 6.10. The Kier molecular flexibility index (Phi) is 2.87. The van der Waals surface area contributed by atoms with Crippen LogP contribution in [-0.2, 0) is 5.41 Å². The van der Waals surface area contributed by atoms with Crippen molar-refractivity contribution < 1.29 is 0 Å². The zero-order valence-corrected chi connectivity index (χ0v) is 10.0. The van der Waals surface area contributed by atoms with Gasteiger partial charge in [0.25, 0.3) is 0 Å². The number of aryl methyl sites for hydroxylation is 1. The molecule has 1 saturated carbocycles. The van der Waals surface area contributed by atoms with Gasteiger partial charge in [-0.3, -0.25) is 0 Å². The van der Waals surface area contributed by atoms with Crippen LogP contribution in [0, 0.1) is 6.92 Å². The molecule has 2 rings (SSSR count). The van der Waals surface area contributed by atoms with E-state index in [0.29, 0.717) is 0 Å². The summed E-state index contributed by atoms with van der Waals surface area (Å²) in [6.45, 7) is 2.85. The number of thiophene rings is 1. The van der Waals surface area contributed by atoms with Gasteiger partial charge in [0.2, 0.25) is 0 Å². The summed E-state index contributed by atoms with van der Waals surface area (Å²) in [5.74, 6) is 0. The lowest BCUT2D eigenvalue weighted by Gasteiger charge is -2.25. The highest BCUT2D eigenvalue weighted by Gasteiger charge is 2.35. The van der Waals surface area contributed by atoms with Gasteiger partial charge in [0.05, 0.1) is 5.02 Å². The van der Waals surface area contributed by atoms with Crippen molar-refractivity contribution in [1.82, 2.24) is 0 Å². The Morgan fingerprint density at radius 2 is 2.14 bits per heavy atom. The van der Waals surface area contributed by atoms with Crippen molar-refractivity contribution in [3.8, 4) is 0 Å². The van der Waals surface area contributed by atoms with Crippen molar-refractivity contribution in [2.24, 2.45) is 5.73 Å². The molecule has 0 saturated heterocycles. The average molecular weight is 230 g/mol. The molecule has 0 radical (unpaired) electrons. The van der Waals surface area contributed by atoms with E-state index in [2.05, 4.69) is 13.0 Å². The van der Waals surface area contributed by atoms with Crippen LogP contribution in [0.15, 0.2) is 6.07 Å². The molecule has 1 nitrogen and oxygen atoms in total. The van der Waals surface area contributed by atoms with Gasteiger partial charge >= 0.3 is 0 Å². The van der Waals surface area contributed by atoms with Crippen molar-refractivity contribution in [1.29, 1.82) is 0 Å². The summed E-state index contributed by atoms with van der Waals surface area (Å²) in [6, 6.07) is 2.12. The molecule has 1 aliphatic carbocycles. The van der Waals surface area contributed by atoms with Crippen LogP contribution < -0.4 is 5.73 Å². The van der Waals surface area contributed by atoms with Gasteiger partial charge in [0.15, 0.2) is 0 Å². The Bertz CT molecular complexity index is 307. The smallest absolute Gasteiger partial charge is 0.0545 e. The minimum atomic E-state index is 0.253. The van der Waals surface area contributed by atoms with Crippen LogP contribution in [0.3, 0.4) is 0 Å². The Morgan fingerprint density at radius 1 is 1.50 bits per heavy atom. The molecule has 0 bridgehead atoms. The van der Waals surface area contributed by atoms with Crippen LogP contribution in [0.2, 0.25) is 5.02 Å². The Labute approximate surface area is 94.3 Å². The Hall–Kier alpha value is -0.0500. The van der Waals surface area contributed by atoms with E-state index < -0.39 is 0 Å². The van der Waals surface area contributed by atoms with Gasteiger partial charge in [-0.1, -0.05) is 24.4 Å². The molecule has 0 amide bonds. The molecule has 1 aromatic heterocycles. The van der Waals surface area contributed by atoms with Gasteiger partial charge in [-0.2, -0.15) is 0 Å². The van der Waals surface area contributed by atoms with E-state index in [4.69, 9.17) is 17.3 Å². The molecule has 0 atom stereocenters. The van der Waals surface area contributed by atoms with E-state index in [1.807, 2.05) is 11.3 Å². The number of hydrogen-bond donors (Lipinski definition) is 1. The van der Waals surface area contributed by atoms with Gasteiger partial charge in [-0.25, -0.2) is 0 Å². The molecule has 0 unspecified atom stereocenters. The average Bonchev–Trinajstić information content (AvgIpc) is 2.75. The molecular formula is C11H16ClNS. The molecule has 0 aliphatic heterocycles. The highest BCUT2D eigenvalue weighted by molar-refractivity contribution is 7.12. The van der Waals surface area contributed by atoms with Gasteiger partial charge in [-0.05, 0) is 25.8 Å². The number of halogens is 1. The highest BCUT2D eigenvalue weighted by atomic mass is 35.5. The van der Waals surface area contributed by atoms with Gasteiger partial charge in [0, 0.05) is 21.7 Å². The standard InChI is InChI=1S/C11H16ClNS/c1-8-9(12)6-10(14-8)11(7-13)4-2-3-5-11/h6H,2-5,7,13H2,1H3. The fourth-order valence-corrected chi connectivity index (χ4v) is 3.78. The minimum Gasteiger partial charge on any atom is -0.330 e. The summed E-state index contributed by atoms with van der Waals surface area (Å²) in [6.07, 6.45) is 5.09. The molecule has 1 aromatic rings. The van der Waals surface area contributed by atoms with Crippen LogP contribution in [0.25, 0.3) is 0 Å². The topological polar surface area (TPSA) is 26.0 Å². The summed E-state index contributed by atoms with van der Waals surface area (Å²) in [4.78, 5) is 2.63. The maximum absolute atomic E-state index is 6.10. The molecule has 3 heteroatoms. The number of hydrogen-bond acceptors (Lipinski definition) is 2. The van der Waals surface area contributed by atoms with Gasteiger partial charge < -0.3 is 5.73 Å². The SMILES string of the molecule is Cc1sc(C2(CN)CCCC2)cc1Cl. The van der Waals surface area contributed by atoms with E-state index in [-0.39, 0.29) is 5.41 Å². The monoisotopic (exact) mass is 229 g/mol. The molecule has 0 aromatic carbocycles. The van der Waals surface area contributed by atoms with Gasteiger partial charge in [0.1, 0.15) is 0 Å². The molecular weight excluding hydrogens is 214 g/mol. The zero-order chi connectivity index (χ0) is 10.2. The van der Waals surface area contributed by atoms with Crippen molar-refractivity contribution in [2.45, 2.75) is 38.0 Å². The third-order valence-corrected chi connectivity index (χ3v) is 5.13. The second kappa shape index (κ2) is 3.84. The fraction of sp³-hybridized carbons (Fsp3) is 0.636. The fourth-order valence-electron chi connectivity index (χ4n) is 2.32. The lowest BCUT2D eigenvalue weighted by molar-refractivity contribution is 0.462. The van der Waals surface area contributed by atoms with E-state index in [9.17, 15) is 0 Å². The molecule has 78 valence electrons. The first-order chi connectivity index (χ1) is 6.68. The molecule has 1 heterocycles. The van der Waals surface area contributed by atoms with Crippen molar-refractivity contribution in [3.63, 3.8) is 0 Å². The summed E-state index contributed by atoms with van der Waals surface area (Å²) < 4.78 is 0. The molecule has 2 N–H and O–H groups in total. The van der Waals surface area contributed by atoms with E-state index in [0.717, 1.165) is 11.6 Å². The first kappa shape index (κ1) is 10.5. The second-order valence-corrected chi connectivity index (χ2v) is 5.87. The first-order valence-electron chi connectivity index (χ1n) is 5.14. The van der Waals surface area contributed by atoms with Crippen molar-refractivity contribution in [2.75, 3.05) is 6.54 Å². The quantitative estimate of drug-likeness (QED) is 0.826. The molecule has 1 aliphatic rings. The number of nitrogens with two attached hydrogens (primary N) is 1. The van der Waals surface area contributed by atoms with Gasteiger partial charge in [-0.15, -0.1) is 11.3 Å². The van der Waals surface area contributed by atoms with Crippen molar-refractivity contribution in [3.05, 3.63) is 20.8 Å². The minimum absolute atomic E-state index is 0.253.